The first-order valence-corrected chi connectivity index (χ1v) is 10.0. The van der Waals surface area contributed by atoms with E-state index in [1.807, 2.05) is 48.5 Å². The second-order valence-corrected chi connectivity index (χ2v) is 7.21. The number of aromatic nitrogens is 2. The molecule has 1 N–H and O–H groups in total. The fourth-order valence-electron chi connectivity index (χ4n) is 2.67. The minimum absolute atomic E-state index is 0.127. The summed E-state index contributed by atoms with van der Waals surface area (Å²) in [6.07, 6.45) is 0.155. The van der Waals surface area contributed by atoms with Crippen molar-refractivity contribution in [2.45, 2.75) is 6.42 Å². The van der Waals surface area contributed by atoms with Crippen LogP contribution in [0.25, 0.3) is 10.6 Å². The van der Waals surface area contributed by atoms with Gasteiger partial charge in [-0.25, -0.2) is 0 Å². The normalized spacial score (nSPS) is 10.5. The van der Waals surface area contributed by atoms with Gasteiger partial charge in [-0.1, -0.05) is 59.9 Å². The van der Waals surface area contributed by atoms with E-state index >= 15 is 0 Å². The lowest BCUT2D eigenvalue weighted by Gasteiger charge is -2.22. The molecule has 0 fully saturated rings. The van der Waals surface area contributed by atoms with Crippen molar-refractivity contribution >= 4 is 28.3 Å². The highest BCUT2D eigenvalue weighted by molar-refractivity contribution is 7.18. The second-order valence-electron chi connectivity index (χ2n) is 6.23. The molecule has 1 heterocycles. The molecule has 0 aliphatic rings. The molecule has 0 atom stereocenters. The monoisotopic (exact) mass is 410 g/mol. The maximum atomic E-state index is 12.7. The number of hydrogen-bond acceptors (Lipinski definition) is 6. The van der Waals surface area contributed by atoms with Gasteiger partial charge in [0.1, 0.15) is 5.01 Å². The molecule has 0 aliphatic carbocycles. The fourth-order valence-corrected chi connectivity index (χ4v) is 3.43. The molecule has 8 heteroatoms. The van der Waals surface area contributed by atoms with E-state index in [9.17, 15) is 9.59 Å². The predicted octanol–water partition coefficient (Wildman–Crippen LogP) is 3.32. The summed E-state index contributed by atoms with van der Waals surface area (Å²) in [6, 6.07) is 18.7. The van der Waals surface area contributed by atoms with Crippen molar-refractivity contribution in [3.05, 3.63) is 66.2 Å². The first-order valence-electron chi connectivity index (χ1n) is 9.19. The summed E-state index contributed by atoms with van der Waals surface area (Å²) in [6.45, 7) is 1.10. The Kier molecular flexibility index (Phi) is 7.43. The Bertz CT molecular complexity index is 931. The number of carbonyl (C=O) groups excluding carboxylic acids is 2. The van der Waals surface area contributed by atoms with Crippen molar-refractivity contribution in [1.82, 2.24) is 15.1 Å². The van der Waals surface area contributed by atoms with Gasteiger partial charge in [0, 0.05) is 37.7 Å². The fraction of sp³-hybridized carbons (Fsp3) is 0.238. The summed E-state index contributed by atoms with van der Waals surface area (Å²) in [7, 11) is 1.58. The number of methoxy groups -OCH3 is 1. The van der Waals surface area contributed by atoms with Gasteiger partial charge in [-0.2, -0.15) is 0 Å². The lowest BCUT2D eigenvalue weighted by Crippen LogP contribution is -2.36. The molecule has 0 spiro atoms. The maximum Gasteiger partial charge on any atom is 0.253 e. The van der Waals surface area contributed by atoms with Crippen LogP contribution in [0.2, 0.25) is 0 Å². The molecule has 29 heavy (non-hydrogen) atoms. The lowest BCUT2D eigenvalue weighted by molar-refractivity contribution is -0.116. The summed E-state index contributed by atoms with van der Waals surface area (Å²) in [5, 5.41) is 12.1. The predicted molar refractivity (Wildman–Crippen MR) is 113 cm³/mol. The Labute approximate surface area is 173 Å². The first-order chi connectivity index (χ1) is 14.2. The van der Waals surface area contributed by atoms with Gasteiger partial charge in [-0.3, -0.25) is 9.59 Å². The molecule has 0 bridgehead atoms. The number of hydrogen-bond donors (Lipinski definition) is 1. The summed E-state index contributed by atoms with van der Waals surface area (Å²) in [5.74, 6) is -0.346. The van der Waals surface area contributed by atoms with E-state index in [1.165, 1.54) is 11.3 Å². The summed E-state index contributed by atoms with van der Waals surface area (Å²) < 4.78 is 5.09. The van der Waals surface area contributed by atoms with Crippen molar-refractivity contribution in [2.75, 3.05) is 32.1 Å². The van der Waals surface area contributed by atoms with Crippen LogP contribution in [0.4, 0.5) is 5.13 Å². The molecule has 3 rings (SSSR count). The topological polar surface area (TPSA) is 84.4 Å². The zero-order valence-corrected chi connectivity index (χ0v) is 16.9. The van der Waals surface area contributed by atoms with Crippen molar-refractivity contribution in [2.24, 2.45) is 0 Å². The van der Waals surface area contributed by atoms with E-state index in [0.29, 0.717) is 23.8 Å². The maximum absolute atomic E-state index is 12.7. The van der Waals surface area contributed by atoms with Crippen LogP contribution in [0, 0.1) is 0 Å². The van der Waals surface area contributed by atoms with Crippen LogP contribution in [0.3, 0.4) is 0 Å². The van der Waals surface area contributed by atoms with Gasteiger partial charge in [0.15, 0.2) is 0 Å². The van der Waals surface area contributed by atoms with Crippen LogP contribution in [-0.2, 0) is 9.53 Å². The highest BCUT2D eigenvalue weighted by Crippen LogP contribution is 2.25. The molecular formula is C21H22N4O3S. The van der Waals surface area contributed by atoms with Crippen LogP contribution in [-0.4, -0.2) is 53.7 Å². The third-order valence-corrected chi connectivity index (χ3v) is 5.06. The molecule has 2 amide bonds. The second kappa shape index (κ2) is 10.4. The summed E-state index contributed by atoms with van der Waals surface area (Å²) >= 11 is 1.31. The zero-order chi connectivity index (χ0) is 20.5. The van der Waals surface area contributed by atoms with Crippen LogP contribution in [0.15, 0.2) is 60.7 Å². The van der Waals surface area contributed by atoms with E-state index in [2.05, 4.69) is 15.5 Å². The number of rotatable bonds is 9. The molecule has 0 radical (unpaired) electrons. The minimum atomic E-state index is -0.218. The Morgan fingerprint density at radius 1 is 1.00 bits per heavy atom. The molecule has 0 aliphatic heterocycles. The third-order valence-electron chi connectivity index (χ3n) is 4.17. The number of ether oxygens (including phenoxy) is 1. The van der Waals surface area contributed by atoms with Crippen LogP contribution < -0.4 is 5.32 Å². The SMILES string of the molecule is COCCN(CCC(=O)Nc1nnc(-c2ccccc2)s1)C(=O)c1ccccc1. The third kappa shape index (κ3) is 5.94. The average Bonchev–Trinajstić information content (AvgIpc) is 3.23. The Morgan fingerprint density at radius 3 is 2.38 bits per heavy atom. The van der Waals surface area contributed by atoms with Gasteiger partial charge in [0.2, 0.25) is 11.0 Å². The quantitative estimate of drug-likeness (QED) is 0.585. The Hall–Kier alpha value is -3.10. The first kappa shape index (κ1) is 20.6. The van der Waals surface area contributed by atoms with Crippen LogP contribution in [0.5, 0.6) is 0 Å². The number of nitrogens with zero attached hydrogens (tertiary/aromatic N) is 3. The molecule has 2 aromatic carbocycles. The number of carbonyl (C=O) groups is 2. The standard InChI is InChI=1S/C21H22N4O3S/c1-28-15-14-25(20(27)17-10-6-3-7-11-17)13-12-18(26)22-21-24-23-19(29-21)16-8-4-2-5-9-16/h2-11H,12-15H2,1H3,(H,22,24,26). The molecule has 3 aromatic rings. The van der Waals surface area contributed by atoms with Crippen LogP contribution in [0.1, 0.15) is 16.8 Å². The lowest BCUT2D eigenvalue weighted by atomic mass is 10.2. The van der Waals surface area contributed by atoms with Crippen LogP contribution >= 0.6 is 11.3 Å². The zero-order valence-electron chi connectivity index (χ0n) is 16.1. The largest absolute Gasteiger partial charge is 0.383 e. The highest BCUT2D eigenvalue weighted by Gasteiger charge is 2.17. The van der Waals surface area contributed by atoms with Gasteiger partial charge in [0.25, 0.3) is 5.91 Å². The average molecular weight is 410 g/mol. The summed E-state index contributed by atoms with van der Waals surface area (Å²) in [5.41, 5.74) is 1.53. The number of anilines is 1. The summed E-state index contributed by atoms with van der Waals surface area (Å²) in [4.78, 5) is 26.7. The van der Waals surface area contributed by atoms with Gasteiger partial charge in [-0.05, 0) is 12.1 Å². The van der Waals surface area contributed by atoms with E-state index in [4.69, 9.17) is 4.74 Å². The molecular weight excluding hydrogens is 388 g/mol. The number of benzene rings is 2. The van der Waals surface area contributed by atoms with E-state index in [-0.39, 0.29) is 24.8 Å². The van der Waals surface area contributed by atoms with Crippen molar-refractivity contribution in [3.8, 4) is 10.6 Å². The molecule has 1 aromatic heterocycles. The minimum Gasteiger partial charge on any atom is -0.383 e. The van der Waals surface area contributed by atoms with Crippen molar-refractivity contribution in [3.63, 3.8) is 0 Å². The Morgan fingerprint density at radius 2 is 1.69 bits per heavy atom. The van der Waals surface area contributed by atoms with Gasteiger partial charge < -0.3 is 15.0 Å². The number of nitrogens with one attached hydrogen (secondary N) is 1. The molecule has 150 valence electrons. The molecule has 0 unspecified atom stereocenters. The molecule has 7 nitrogen and oxygen atoms in total. The van der Waals surface area contributed by atoms with Gasteiger partial charge >= 0.3 is 0 Å². The smallest absolute Gasteiger partial charge is 0.253 e. The Balaban J connectivity index is 1.57. The highest BCUT2D eigenvalue weighted by atomic mass is 32.1. The van der Waals surface area contributed by atoms with Gasteiger partial charge in [0.05, 0.1) is 6.61 Å². The number of amides is 2. The van der Waals surface area contributed by atoms with Crippen molar-refractivity contribution < 1.29 is 14.3 Å². The van der Waals surface area contributed by atoms with E-state index in [1.54, 1.807) is 24.1 Å². The van der Waals surface area contributed by atoms with Crippen molar-refractivity contribution in [1.29, 1.82) is 0 Å². The van der Waals surface area contributed by atoms with E-state index in [0.717, 1.165) is 10.6 Å². The van der Waals surface area contributed by atoms with E-state index < -0.39 is 0 Å². The molecule has 0 saturated heterocycles. The van der Waals surface area contributed by atoms with Gasteiger partial charge in [-0.15, -0.1) is 10.2 Å². The molecule has 0 saturated carbocycles.